The van der Waals surface area contributed by atoms with Crippen LogP contribution in [0.3, 0.4) is 0 Å². The van der Waals surface area contributed by atoms with Gasteiger partial charge in [-0.15, -0.1) is 6.42 Å². The monoisotopic (exact) mass is 523 g/mol. The van der Waals surface area contributed by atoms with Crippen LogP contribution in [0.25, 0.3) is 0 Å². The molecule has 0 aliphatic heterocycles. The first kappa shape index (κ1) is 31.1. The average molecular weight is 524 g/mol. The summed E-state index contributed by atoms with van der Waals surface area (Å²) in [6, 6.07) is 0.753. The van der Waals surface area contributed by atoms with Gasteiger partial charge in [-0.25, -0.2) is 11.6 Å². The van der Waals surface area contributed by atoms with Crippen molar-refractivity contribution in [3.8, 4) is 0 Å². The van der Waals surface area contributed by atoms with Crippen molar-refractivity contribution in [1.82, 2.24) is 0 Å². The van der Waals surface area contributed by atoms with Gasteiger partial charge in [-0.3, -0.25) is 6.08 Å². The summed E-state index contributed by atoms with van der Waals surface area (Å²) in [7, 11) is -2.57. The van der Waals surface area contributed by atoms with Crippen molar-refractivity contribution in [2.45, 2.75) is 52.5 Å². The SMILES string of the molecule is CCCO[Si](CC1=[C-]CC=C1)(OCCC)OCCC.[CH3-].[CH3-].[CH3-].[Pt+4]. The summed E-state index contributed by atoms with van der Waals surface area (Å²) >= 11 is 0. The standard InChI is InChI=1S/C15H27O3Si.3CH3.Pt/c1-4-11-16-19(17-12-5-2,18-13-6-3)14-15-9-7-8-10-15;;;;/h7,9H,4-6,8,11-14H2,1-3H3;3*1H3;/q4*-1;+4. The van der Waals surface area contributed by atoms with E-state index in [1.54, 1.807) is 0 Å². The van der Waals surface area contributed by atoms with Gasteiger partial charge in [-0.05, 0) is 19.3 Å². The van der Waals surface area contributed by atoms with E-state index in [2.05, 4.69) is 39.0 Å². The first-order valence-corrected chi connectivity index (χ1v) is 9.37. The minimum Gasteiger partial charge on any atom is -0.373 e. The Kier molecular flexibility index (Phi) is 25.1. The largest absolute Gasteiger partial charge is 4.00 e. The Bertz CT molecular complexity index is 285. The molecule has 0 fully saturated rings. The zero-order chi connectivity index (χ0) is 14.0. The van der Waals surface area contributed by atoms with Gasteiger partial charge in [-0.2, -0.15) is 6.08 Å². The Labute approximate surface area is 161 Å². The molecule has 1 aliphatic rings. The number of rotatable bonds is 11. The van der Waals surface area contributed by atoms with Crippen molar-refractivity contribution in [2.24, 2.45) is 0 Å². The molecule has 3 nitrogen and oxygen atoms in total. The molecule has 0 aromatic carbocycles. The van der Waals surface area contributed by atoms with Crippen molar-refractivity contribution in [2.75, 3.05) is 19.8 Å². The summed E-state index contributed by atoms with van der Waals surface area (Å²) in [4.78, 5) is 0. The third kappa shape index (κ3) is 12.3. The van der Waals surface area contributed by atoms with Crippen LogP contribution in [0.1, 0.15) is 46.5 Å². The van der Waals surface area contributed by atoms with Gasteiger partial charge < -0.3 is 35.6 Å². The Morgan fingerprint density at radius 2 is 1.35 bits per heavy atom. The zero-order valence-corrected chi connectivity index (χ0v) is 19.1. The van der Waals surface area contributed by atoms with Crippen LogP contribution < -0.4 is 0 Å². The molecule has 0 saturated carbocycles. The van der Waals surface area contributed by atoms with Gasteiger partial charge in [0.1, 0.15) is 0 Å². The van der Waals surface area contributed by atoms with Crippen molar-refractivity contribution < 1.29 is 34.3 Å². The molecule has 5 heteroatoms. The summed E-state index contributed by atoms with van der Waals surface area (Å²) < 4.78 is 18.1. The van der Waals surface area contributed by atoms with Crippen LogP contribution in [-0.4, -0.2) is 28.6 Å². The molecule has 140 valence electrons. The predicted octanol–water partition coefficient (Wildman–Crippen LogP) is 5.24. The fourth-order valence-electron chi connectivity index (χ4n) is 1.86. The smallest absolute Gasteiger partial charge is 0.373 e. The van der Waals surface area contributed by atoms with E-state index in [4.69, 9.17) is 13.3 Å². The van der Waals surface area contributed by atoms with E-state index in [0.29, 0.717) is 19.8 Å². The second kappa shape index (κ2) is 18.6. The Balaban J connectivity index is -0.000000451. The number of hydrogen-bond donors (Lipinski definition) is 0. The summed E-state index contributed by atoms with van der Waals surface area (Å²) in [6.07, 6.45) is 11.4. The van der Waals surface area contributed by atoms with Crippen LogP contribution in [-0.2, 0) is 34.3 Å². The molecule has 0 radical (unpaired) electrons. The Hall–Kier alpha value is 0.265. The molecule has 0 saturated heterocycles. The molecule has 0 aromatic rings. The van der Waals surface area contributed by atoms with Gasteiger partial charge in [-0.1, -0.05) is 20.8 Å². The van der Waals surface area contributed by atoms with Crippen molar-refractivity contribution in [1.29, 1.82) is 0 Å². The van der Waals surface area contributed by atoms with Crippen LogP contribution in [0.15, 0.2) is 17.7 Å². The second-order valence-electron chi connectivity index (χ2n) is 4.71. The quantitative estimate of drug-likeness (QED) is 0.274. The van der Waals surface area contributed by atoms with E-state index in [0.717, 1.165) is 31.7 Å². The first-order valence-electron chi connectivity index (χ1n) is 7.44. The van der Waals surface area contributed by atoms with Crippen molar-refractivity contribution in [3.05, 3.63) is 46.1 Å². The van der Waals surface area contributed by atoms with E-state index in [1.165, 1.54) is 5.57 Å². The Morgan fingerprint density at radius 1 is 0.913 bits per heavy atom. The second-order valence-corrected chi connectivity index (χ2v) is 7.30. The molecule has 0 atom stereocenters. The van der Waals surface area contributed by atoms with E-state index >= 15 is 0 Å². The minimum atomic E-state index is -2.57. The molecule has 23 heavy (non-hydrogen) atoms. The zero-order valence-electron chi connectivity index (χ0n) is 15.9. The maximum Gasteiger partial charge on any atom is 4.00 e. The van der Waals surface area contributed by atoms with Gasteiger partial charge in [0, 0.05) is 25.9 Å². The third-order valence-electron chi connectivity index (χ3n) is 2.75. The normalized spacial score (nSPS) is 12.4. The molecular weight excluding hydrogens is 487 g/mol. The molecular formula is C18H36O3PtSi. The van der Waals surface area contributed by atoms with Crippen LogP contribution in [0.5, 0.6) is 0 Å². The van der Waals surface area contributed by atoms with Gasteiger partial charge >= 0.3 is 29.9 Å². The van der Waals surface area contributed by atoms with Crippen LogP contribution in [0.2, 0.25) is 6.04 Å². The molecule has 0 spiro atoms. The maximum atomic E-state index is 6.04. The first-order chi connectivity index (χ1) is 9.26. The molecule has 0 unspecified atom stereocenters. The molecule has 1 rings (SSSR count). The summed E-state index contributed by atoms with van der Waals surface area (Å²) in [5.74, 6) is 0. The summed E-state index contributed by atoms with van der Waals surface area (Å²) in [5.41, 5.74) is 1.18. The van der Waals surface area contributed by atoms with Crippen LogP contribution in [0, 0.1) is 28.4 Å². The van der Waals surface area contributed by atoms with E-state index in [-0.39, 0.29) is 43.3 Å². The number of allylic oxidation sites excluding steroid dienone is 4. The molecule has 0 bridgehead atoms. The Morgan fingerprint density at radius 3 is 1.65 bits per heavy atom. The molecule has 1 aliphatic carbocycles. The van der Waals surface area contributed by atoms with Gasteiger partial charge in [0.05, 0.1) is 0 Å². The summed E-state index contributed by atoms with van der Waals surface area (Å²) in [6.45, 7) is 8.45. The van der Waals surface area contributed by atoms with Gasteiger partial charge in [0.25, 0.3) is 0 Å². The fourth-order valence-corrected chi connectivity index (χ4v) is 4.67. The van der Waals surface area contributed by atoms with E-state index in [9.17, 15) is 0 Å². The molecule has 0 heterocycles. The van der Waals surface area contributed by atoms with Crippen LogP contribution in [0.4, 0.5) is 0 Å². The fraction of sp³-hybridized carbons (Fsp3) is 0.611. The van der Waals surface area contributed by atoms with Crippen LogP contribution >= 0.6 is 0 Å². The maximum absolute atomic E-state index is 6.04. The molecule has 0 amide bonds. The summed E-state index contributed by atoms with van der Waals surface area (Å²) in [5, 5.41) is 0. The van der Waals surface area contributed by atoms with E-state index < -0.39 is 8.80 Å². The van der Waals surface area contributed by atoms with Crippen molar-refractivity contribution >= 4 is 8.80 Å². The number of hydrogen-bond acceptors (Lipinski definition) is 3. The van der Waals surface area contributed by atoms with E-state index in [1.807, 2.05) is 0 Å². The molecule has 0 aromatic heterocycles. The predicted molar refractivity (Wildman–Crippen MR) is 99.0 cm³/mol. The van der Waals surface area contributed by atoms with Crippen molar-refractivity contribution in [3.63, 3.8) is 0 Å². The van der Waals surface area contributed by atoms with Gasteiger partial charge in [0.2, 0.25) is 0 Å². The topological polar surface area (TPSA) is 27.7 Å². The average Bonchev–Trinajstić information content (AvgIpc) is 2.93. The molecule has 0 N–H and O–H groups in total. The minimum absolute atomic E-state index is 0. The third-order valence-corrected chi connectivity index (χ3v) is 5.50. The van der Waals surface area contributed by atoms with Gasteiger partial charge in [0.15, 0.2) is 0 Å².